The number of nitrogens with two attached hydrogens (primary N) is 1. The van der Waals surface area contributed by atoms with Gasteiger partial charge in [0.1, 0.15) is 18.2 Å². The van der Waals surface area contributed by atoms with Crippen molar-refractivity contribution in [1.82, 2.24) is 24.6 Å². The van der Waals surface area contributed by atoms with E-state index >= 15 is 0 Å². The molecule has 9 nitrogen and oxygen atoms in total. The summed E-state index contributed by atoms with van der Waals surface area (Å²) < 4.78 is 1.71. The number of carboxylic acid groups (broad SMARTS) is 1. The SMILES string of the molecule is CN(C)C(Cc1cn(-c2ccc(-c3ccc(C(=N)N)cc3)nn2)cn1)C(=O)O. The second-order valence-corrected chi connectivity index (χ2v) is 6.56. The van der Waals surface area contributed by atoms with Crippen molar-refractivity contribution in [2.75, 3.05) is 14.1 Å². The molecule has 2 aromatic heterocycles. The fraction of sp³-hybridized carbons (Fsp3) is 0.211. The average Bonchev–Trinajstić information content (AvgIpc) is 3.14. The van der Waals surface area contributed by atoms with Crippen molar-refractivity contribution in [1.29, 1.82) is 5.41 Å². The number of aliphatic carboxylic acids is 1. The second kappa shape index (κ2) is 7.97. The number of nitrogen functional groups attached to an aromatic ring is 1. The molecule has 0 aliphatic rings. The molecule has 1 atom stereocenters. The van der Waals surface area contributed by atoms with Gasteiger partial charge in [-0.1, -0.05) is 24.3 Å². The van der Waals surface area contributed by atoms with Crippen LogP contribution in [0.25, 0.3) is 17.1 Å². The standard InChI is InChI=1S/C19H21N7O2/c1-25(2)16(19(27)28)9-14-10-26(11-22-14)17-8-7-15(23-24-17)12-3-5-13(6-4-12)18(20)21/h3-8,10-11,16H,9H2,1-2H3,(H3,20,21)(H,27,28). The molecule has 3 aromatic rings. The Morgan fingerprint density at radius 1 is 1.21 bits per heavy atom. The Balaban J connectivity index is 1.76. The molecule has 9 heteroatoms. The van der Waals surface area contributed by atoms with Crippen molar-refractivity contribution in [3.8, 4) is 17.1 Å². The molecule has 0 saturated carbocycles. The van der Waals surface area contributed by atoms with Gasteiger partial charge in [0.2, 0.25) is 0 Å². The van der Waals surface area contributed by atoms with Crippen molar-refractivity contribution < 1.29 is 9.90 Å². The van der Waals surface area contributed by atoms with Crippen LogP contribution < -0.4 is 5.73 Å². The van der Waals surface area contributed by atoms with Crippen molar-refractivity contribution in [3.05, 3.63) is 60.2 Å². The lowest BCUT2D eigenvalue weighted by atomic mass is 10.1. The van der Waals surface area contributed by atoms with Crippen molar-refractivity contribution in [2.24, 2.45) is 5.73 Å². The Hall–Kier alpha value is -3.59. The zero-order chi connectivity index (χ0) is 20.3. The highest BCUT2D eigenvalue weighted by atomic mass is 16.4. The summed E-state index contributed by atoms with van der Waals surface area (Å²) in [5.41, 5.74) is 8.33. The number of carbonyl (C=O) groups is 1. The van der Waals surface area contributed by atoms with Crippen LogP contribution in [0.3, 0.4) is 0 Å². The number of hydrogen-bond donors (Lipinski definition) is 3. The molecule has 0 spiro atoms. The first kappa shape index (κ1) is 19.2. The fourth-order valence-corrected chi connectivity index (χ4v) is 2.72. The Labute approximate surface area is 162 Å². The maximum atomic E-state index is 11.3. The van der Waals surface area contributed by atoms with Crippen LogP contribution in [-0.4, -0.2) is 61.7 Å². The summed E-state index contributed by atoms with van der Waals surface area (Å²) in [7, 11) is 3.45. The molecule has 0 amide bonds. The van der Waals surface area contributed by atoms with Crippen LogP contribution in [0.1, 0.15) is 11.3 Å². The Bertz CT molecular complexity index is 978. The molecule has 0 saturated heterocycles. The lowest BCUT2D eigenvalue weighted by Gasteiger charge is -2.18. The molecule has 0 bridgehead atoms. The van der Waals surface area contributed by atoms with Gasteiger partial charge >= 0.3 is 5.97 Å². The number of aromatic nitrogens is 4. The molecule has 0 fully saturated rings. The molecule has 1 unspecified atom stereocenters. The first-order valence-electron chi connectivity index (χ1n) is 8.56. The number of benzene rings is 1. The van der Waals surface area contributed by atoms with E-state index in [-0.39, 0.29) is 5.84 Å². The monoisotopic (exact) mass is 379 g/mol. The van der Waals surface area contributed by atoms with Crippen molar-refractivity contribution in [3.63, 3.8) is 0 Å². The third kappa shape index (κ3) is 4.21. The molecule has 3 rings (SSSR count). The normalized spacial score (nSPS) is 12.1. The summed E-state index contributed by atoms with van der Waals surface area (Å²) in [6, 6.07) is 10.2. The van der Waals surface area contributed by atoms with Crippen LogP contribution in [0.5, 0.6) is 0 Å². The van der Waals surface area contributed by atoms with Gasteiger partial charge in [0.25, 0.3) is 0 Å². The summed E-state index contributed by atoms with van der Waals surface area (Å²) in [5, 5.41) is 25.2. The Kier molecular flexibility index (Phi) is 5.46. The van der Waals surface area contributed by atoms with Gasteiger partial charge in [0.15, 0.2) is 5.82 Å². The first-order chi connectivity index (χ1) is 13.3. The van der Waals surface area contributed by atoms with E-state index in [1.165, 1.54) is 0 Å². The van der Waals surface area contributed by atoms with E-state index in [4.69, 9.17) is 11.1 Å². The summed E-state index contributed by atoms with van der Waals surface area (Å²) in [6.45, 7) is 0. The van der Waals surface area contributed by atoms with Crippen LogP contribution in [0.2, 0.25) is 0 Å². The summed E-state index contributed by atoms with van der Waals surface area (Å²) in [4.78, 5) is 17.3. The maximum Gasteiger partial charge on any atom is 0.321 e. The van der Waals surface area contributed by atoms with Gasteiger partial charge < -0.3 is 10.8 Å². The smallest absolute Gasteiger partial charge is 0.321 e. The highest BCUT2D eigenvalue weighted by Crippen LogP contribution is 2.18. The molecule has 1 aromatic carbocycles. The molecular formula is C19H21N7O2. The van der Waals surface area contributed by atoms with Crippen molar-refractivity contribution >= 4 is 11.8 Å². The van der Waals surface area contributed by atoms with Gasteiger partial charge in [0, 0.05) is 23.7 Å². The highest BCUT2D eigenvalue weighted by Gasteiger charge is 2.21. The molecular weight excluding hydrogens is 358 g/mol. The molecule has 0 radical (unpaired) electrons. The summed E-state index contributed by atoms with van der Waals surface area (Å²) in [6.07, 6.45) is 3.64. The van der Waals surface area contributed by atoms with E-state index < -0.39 is 12.0 Å². The van der Waals surface area contributed by atoms with Crippen LogP contribution in [0.4, 0.5) is 0 Å². The lowest BCUT2D eigenvalue weighted by Crippen LogP contribution is -2.37. The van der Waals surface area contributed by atoms with E-state index in [0.29, 0.717) is 29.2 Å². The third-order valence-electron chi connectivity index (χ3n) is 4.35. The predicted molar refractivity (Wildman–Crippen MR) is 104 cm³/mol. The largest absolute Gasteiger partial charge is 0.480 e. The Morgan fingerprint density at radius 3 is 2.46 bits per heavy atom. The number of nitrogens with zero attached hydrogens (tertiary/aromatic N) is 5. The average molecular weight is 379 g/mol. The number of likely N-dealkylation sites (N-methyl/N-ethyl adjacent to an activating group) is 1. The number of amidine groups is 1. The van der Waals surface area contributed by atoms with Gasteiger partial charge in [-0.3, -0.25) is 19.7 Å². The number of rotatable bonds is 7. The molecule has 144 valence electrons. The van der Waals surface area contributed by atoms with Crippen LogP contribution >= 0.6 is 0 Å². The lowest BCUT2D eigenvalue weighted by molar-refractivity contribution is -0.142. The number of carboxylic acids is 1. The minimum Gasteiger partial charge on any atom is -0.480 e. The van der Waals surface area contributed by atoms with Gasteiger partial charge in [0.05, 0.1) is 11.4 Å². The molecule has 0 aliphatic heterocycles. The summed E-state index contributed by atoms with van der Waals surface area (Å²) in [5.74, 6) is -0.289. The van der Waals surface area contributed by atoms with E-state index in [1.807, 2.05) is 24.3 Å². The van der Waals surface area contributed by atoms with Gasteiger partial charge in [-0.15, -0.1) is 10.2 Å². The minimum absolute atomic E-state index is 0.0169. The van der Waals surface area contributed by atoms with E-state index in [2.05, 4.69) is 15.2 Å². The zero-order valence-electron chi connectivity index (χ0n) is 15.6. The molecule has 28 heavy (non-hydrogen) atoms. The van der Waals surface area contributed by atoms with Crippen LogP contribution in [0, 0.1) is 5.41 Å². The quantitative estimate of drug-likeness (QED) is 0.414. The first-order valence-corrected chi connectivity index (χ1v) is 8.56. The molecule has 2 heterocycles. The van der Waals surface area contributed by atoms with Crippen LogP contribution in [0.15, 0.2) is 48.9 Å². The van der Waals surface area contributed by atoms with E-state index in [9.17, 15) is 9.90 Å². The molecule has 4 N–H and O–H groups in total. The highest BCUT2D eigenvalue weighted by molar-refractivity contribution is 5.95. The van der Waals surface area contributed by atoms with Crippen molar-refractivity contribution in [2.45, 2.75) is 12.5 Å². The zero-order valence-corrected chi connectivity index (χ0v) is 15.6. The van der Waals surface area contributed by atoms with Gasteiger partial charge in [-0.25, -0.2) is 4.98 Å². The maximum absolute atomic E-state index is 11.3. The summed E-state index contributed by atoms with van der Waals surface area (Å²) >= 11 is 0. The second-order valence-electron chi connectivity index (χ2n) is 6.56. The minimum atomic E-state index is -0.889. The van der Waals surface area contributed by atoms with Gasteiger partial charge in [-0.2, -0.15) is 0 Å². The van der Waals surface area contributed by atoms with Gasteiger partial charge in [-0.05, 0) is 26.2 Å². The van der Waals surface area contributed by atoms with E-state index in [1.54, 1.807) is 48.2 Å². The topological polar surface area (TPSA) is 134 Å². The Morgan fingerprint density at radius 2 is 1.93 bits per heavy atom. The predicted octanol–water partition coefficient (Wildman–Crippen LogP) is 1.17. The van der Waals surface area contributed by atoms with Crippen LogP contribution in [-0.2, 0) is 11.2 Å². The number of imidazole rings is 1. The number of nitrogens with one attached hydrogen (secondary N) is 1. The van der Waals surface area contributed by atoms with E-state index in [0.717, 1.165) is 5.56 Å². The molecule has 0 aliphatic carbocycles. The fourth-order valence-electron chi connectivity index (χ4n) is 2.72. The number of hydrogen-bond acceptors (Lipinski definition) is 6. The third-order valence-corrected chi connectivity index (χ3v) is 4.35.